The highest BCUT2D eigenvalue weighted by molar-refractivity contribution is 6.07. The van der Waals surface area contributed by atoms with E-state index in [1.165, 1.54) is 68.6 Å². The Morgan fingerprint density at radius 1 is 0.821 bits per heavy atom. The average Bonchev–Trinajstić information content (AvgIpc) is 2.73. The lowest BCUT2D eigenvalue weighted by molar-refractivity contribution is 0.136. The van der Waals surface area contributed by atoms with Gasteiger partial charge in [0.05, 0.1) is 16.7 Å². The fourth-order valence-corrected chi connectivity index (χ4v) is 4.03. The summed E-state index contributed by atoms with van der Waals surface area (Å²) < 4.78 is 0. The van der Waals surface area contributed by atoms with Crippen LogP contribution < -0.4 is 5.32 Å². The molecule has 1 saturated heterocycles. The van der Waals surface area contributed by atoms with Crippen molar-refractivity contribution in [2.45, 2.75) is 19.8 Å². The van der Waals surface area contributed by atoms with Crippen LogP contribution in [-0.4, -0.2) is 60.6 Å². The lowest BCUT2D eigenvalue weighted by Gasteiger charge is -2.34. The Morgan fingerprint density at radius 3 is 2.00 bits per heavy atom. The predicted octanol–water partition coefficient (Wildman–Crippen LogP) is 4.64. The minimum Gasteiger partial charge on any atom is -0.384 e. The molecule has 4 rings (SSSR count). The van der Waals surface area contributed by atoms with Gasteiger partial charge in [0.15, 0.2) is 0 Å². The summed E-state index contributed by atoms with van der Waals surface area (Å²) in [4.78, 5) is 9.96. The van der Waals surface area contributed by atoms with Crippen molar-refractivity contribution in [2.24, 2.45) is 0 Å². The van der Waals surface area contributed by atoms with Crippen molar-refractivity contribution in [2.75, 3.05) is 51.1 Å². The van der Waals surface area contributed by atoms with E-state index < -0.39 is 0 Å². The Kier molecular flexibility index (Phi) is 7.49. The first-order chi connectivity index (χ1) is 13.3. The van der Waals surface area contributed by atoms with E-state index in [1.54, 1.807) is 0 Å². The molecule has 0 bridgehead atoms. The smallest absolute Gasteiger partial charge is 0.0730 e. The molecule has 0 radical (unpaired) electrons. The lowest BCUT2D eigenvalue weighted by atomic mass is 10.1. The van der Waals surface area contributed by atoms with Gasteiger partial charge >= 0.3 is 0 Å². The quantitative estimate of drug-likeness (QED) is 0.464. The van der Waals surface area contributed by atoms with Gasteiger partial charge in [-0.2, -0.15) is 0 Å². The molecule has 2 aromatic carbocycles. The standard InChI is InChI=1S/C23H30N4.ClH/c1-2-26-15-17-27(18-16-26)14-8-7-13-24-23-19-9-3-5-11-21(19)25-22-12-6-4-10-20(22)23;/h3-6,9-12H,2,7-8,13-18H2,1H3,(H,24,25);1H. The van der Waals surface area contributed by atoms with Crippen LogP contribution in [0.1, 0.15) is 19.8 Å². The zero-order chi connectivity index (χ0) is 18.5. The Hall–Kier alpha value is -1.88. The monoisotopic (exact) mass is 398 g/mol. The largest absolute Gasteiger partial charge is 0.384 e. The summed E-state index contributed by atoms with van der Waals surface area (Å²) in [5, 5.41) is 6.15. The third-order valence-corrected chi connectivity index (χ3v) is 5.70. The maximum absolute atomic E-state index is 4.81. The fourth-order valence-electron chi connectivity index (χ4n) is 4.03. The van der Waals surface area contributed by atoms with Crippen molar-refractivity contribution in [1.29, 1.82) is 0 Å². The van der Waals surface area contributed by atoms with E-state index in [-0.39, 0.29) is 12.4 Å². The second-order valence-corrected chi connectivity index (χ2v) is 7.43. The second kappa shape index (κ2) is 10.1. The molecule has 0 spiro atoms. The van der Waals surface area contributed by atoms with E-state index in [2.05, 4.69) is 70.6 Å². The number of nitrogens with one attached hydrogen (secondary N) is 1. The molecule has 0 atom stereocenters. The molecule has 1 N–H and O–H groups in total. The van der Waals surface area contributed by atoms with E-state index in [4.69, 9.17) is 4.98 Å². The SMILES string of the molecule is CCN1CCN(CCCCNc2c3ccccc3nc3ccccc23)CC1.Cl. The Bertz CT molecular complexity index is 836. The van der Waals surface area contributed by atoms with Crippen LogP contribution in [0.2, 0.25) is 0 Å². The van der Waals surface area contributed by atoms with Crippen LogP contribution in [0.5, 0.6) is 0 Å². The molecule has 1 aromatic heterocycles. The van der Waals surface area contributed by atoms with Crippen molar-refractivity contribution >= 4 is 39.9 Å². The molecule has 28 heavy (non-hydrogen) atoms. The number of hydrogen-bond acceptors (Lipinski definition) is 4. The molecule has 1 aliphatic heterocycles. The van der Waals surface area contributed by atoms with Gasteiger partial charge in [0.2, 0.25) is 0 Å². The Labute approximate surface area is 174 Å². The van der Waals surface area contributed by atoms with Crippen LogP contribution in [0.25, 0.3) is 21.8 Å². The van der Waals surface area contributed by atoms with Gasteiger partial charge in [-0.1, -0.05) is 43.3 Å². The van der Waals surface area contributed by atoms with Gasteiger partial charge in [-0.05, 0) is 38.1 Å². The summed E-state index contributed by atoms with van der Waals surface area (Å²) in [5.41, 5.74) is 3.35. The van der Waals surface area contributed by atoms with Crippen molar-refractivity contribution < 1.29 is 0 Å². The number of para-hydroxylation sites is 2. The van der Waals surface area contributed by atoms with Crippen molar-refractivity contribution in [3.05, 3.63) is 48.5 Å². The number of unbranched alkanes of at least 4 members (excludes halogenated alkanes) is 1. The number of hydrogen-bond donors (Lipinski definition) is 1. The van der Waals surface area contributed by atoms with Crippen LogP contribution in [0.4, 0.5) is 5.69 Å². The summed E-state index contributed by atoms with van der Waals surface area (Å²) in [7, 11) is 0. The zero-order valence-electron chi connectivity index (χ0n) is 16.7. The number of rotatable bonds is 7. The summed E-state index contributed by atoms with van der Waals surface area (Å²) in [6.07, 6.45) is 2.44. The van der Waals surface area contributed by atoms with Crippen LogP contribution in [0, 0.1) is 0 Å². The highest BCUT2D eigenvalue weighted by atomic mass is 35.5. The fraction of sp³-hybridized carbons (Fsp3) is 0.435. The Balaban J connectivity index is 0.00000225. The highest BCUT2D eigenvalue weighted by Crippen LogP contribution is 2.30. The molecule has 1 fully saturated rings. The van der Waals surface area contributed by atoms with E-state index in [9.17, 15) is 0 Å². The molecule has 2 heterocycles. The van der Waals surface area contributed by atoms with Gasteiger partial charge in [-0.25, -0.2) is 4.98 Å². The molecule has 4 nitrogen and oxygen atoms in total. The average molecular weight is 399 g/mol. The van der Waals surface area contributed by atoms with E-state index in [0.29, 0.717) is 0 Å². The van der Waals surface area contributed by atoms with Gasteiger partial charge in [0.25, 0.3) is 0 Å². The number of fused-ring (bicyclic) bond motifs is 2. The molecule has 0 saturated carbocycles. The topological polar surface area (TPSA) is 31.4 Å². The molecule has 150 valence electrons. The molecule has 0 unspecified atom stereocenters. The number of aromatic nitrogens is 1. The first-order valence-electron chi connectivity index (χ1n) is 10.3. The summed E-state index contributed by atoms with van der Waals surface area (Å²) >= 11 is 0. The number of likely N-dealkylation sites (N-methyl/N-ethyl adjacent to an activating group) is 1. The zero-order valence-corrected chi connectivity index (χ0v) is 17.5. The summed E-state index contributed by atoms with van der Waals surface area (Å²) in [6.45, 7) is 10.6. The maximum atomic E-state index is 4.81. The highest BCUT2D eigenvalue weighted by Gasteiger charge is 2.14. The number of nitrogens with zero attached hydrogens (tertiary/aromatic N) is 3. The van der Waals surface area contributed by atoms with Gasteiger partial charge in [0.1, 0.15) is 0 Å². The third kappa shape index (κ3) is 4.75. The second-order valence-electron chi connectivity index (χ2n) is 7.43. The normalized spacial score (nSPS) is 15.6. The molecule has 1 aliphatic rings. The van der Waals surface area contributed by atoms with Crippen LogP contribution in [0.3, 0.4) is 0 Å². The van der Waals surface area contributed by atoms with E-state index in [1.807, 2.05) is 0 Å². The van der Waals surface area contributed by atoms with E-state index in [0.717, 1.165) is 17.6 Å². The number of pyridine rings is 1. The molecular weight excluding hydrogens is 368 g/mol. The number of piperazine rings is 1. The van der Waals surface area contributed by atoms with Gasteiger partial charge < -0.3 is 15.1 Å². The Morgan fingerprint density at radius 2 is 1.39 bits per heavy atom. The van der Waals surface area contributed by atoms with E-state index >= 15 is 0 Å². The first-order valence-corrected chi connectivity index (χ1v) is 10.3. The first kappa shape index (κ1) is 20.8. The maximum Gasteiger partial charge on any atom is 0.0730 e. The number of benzene rings is 2. The molecule has 0 amide bonds. The number of halogens is 1. The van der Waals surface area contributed by atoms with Gasteiger partial charge in [0, 0.05) is 43.5 Å². The molecule has 0 aliphatic carbocycles. The molecule has 3 aromatic rings. The van der Waals surface area contributed by atoms with Crippen LogP contribution in [0.15, 0.2) is 48.5 Å². The third-order valence-electron chi connectivity index (χ3n) is 5.70. The lowest BCUT2D eigenvalue weighted by Crippen LogP contribution is -2.46. The minimum atomic E-state index is 0. The number of anilines is 1. The summed E-state index contributed by atoms with van der Waals surface area (Å²) in [6, 6.07) is 16.9. The predicted molar refractivity (Wildman–Crippen MR) is 123 cm³/mol. The van der Waals surface area contributed by atoms with Crippen molar-refractivity contribution in [3.8, 4) is 0 Å². The molecular formula is C23H31ClN4. The summed E-state index contributed by atoms with van der Waals surface area (Å²) in [5.74, 6) is 0. The van der Waals surface area contributed by atoms with Crippen molar-refractivity contribution in [3.63, 3.8) is 0 Å². The van der Waals surface area contributed by atoms with Gasteiger partial charge in [-0.15, -0.1) is 12.4 Å². The van der Waals surface area contributed by atoms with Crippen molar-refractivity contribution in [1.82, 2.24) is 14.8 Å². The van der Waals surface area contributed by atoms with Crippen LogP contribution in [-0.2, 0) is 0 Å². The van der Waals surface area contributed by atoms with Gasteiger partial charge in [-0.3, -0.25) is 0 Å². The minimum absolute atomic E-state index is 0. The molecule has 5 heteroatoms. The van der Waals surface area contributed by atoms with Crippen LogP contribution >= 0.6 is 12.4 Å².